The average Bonchev–Trinajstić information content (AvgIpc) is 3.39. The molecule has 7 nitrogen and oxygen atoms in total. The van der Waals surface area contributed by atoms with Gasteiger partial charge in [0.2, 0.25) is 0 Å². The highest BCUT2D eigenvalue weighted by atomic mass is 32.2. The number of hydrogen-bond acceptors (Lipinski definition) is 7. The lowest BCUT2D eigenvalue weighted by Gasteiger charge is -2.59. The lowest BCUT2D eigenvalue weighted by molar-refractivity contribution is -0.260. The van der Waals surface area contributed by atoms with Crippen LogP contribution in [0, 0.1) is 17.8 Å². The number of thioether (sulfide) groups is 1. The summed E-state index contributed by atoms with van der Waals surface area (Å²) in [6.45, 7) is -1.32. The molecule has 2 heterocycles. The second-order valence-corrected chi connectivity index (χ2v) is 14.2. The molecule has 1 aromatic rings. The number of nitrogens with one attached hydrogen (secondary N) is 2. The van der Waals surface area contributed by atoms with Crippen LogP contribution in [0.25, 0.3) is 0 Å². The van der Waals surface area contributed by atoms with Crippen molar-refractivity contribution in [3.8, 4) is 0 Å². The van der Waals surface area contributed by atoms with E-state index in [9.17, 15) is 18.4 Å². The van der Waals surface area contributed by atoms with E-state index in [1.807, 2.05) is 12.1 Å². The van der Waals surface area contributed by atoms with Crippen molar-refractivity contribution in [2.45, 2.75) is 111 Å². The molecule has 40 heavy (non-hydrogen) atoms. The van der Waals surface area contributed by atoms with Gasteiger partial charge in [-0.2, -0.15) is 8.78 Å². The lowest BCUT2D eigenvalue weighted by Crippen LogP contribution is -2.62. The second-order valence-electron chi connectivity index (χ2n) is 12.9. The van der Waals surface area contributed by atoms with E-state index < -0.39 is 17.6 Å². The molecule has 6 fully saturated rings. The molecule has 220 valence electrons. The van der Waals surface area contributed by atoms with Gasteiger partial charge in [0.1, 0.15) is 5.03 Å². The fourth-order valence-corrected chi connectivity index (χ4v) is 9.96. The molecule has 1 saturated heterocycles. The number of alkyl halides is 2. The van der Waals surface area contributed by atoms with E-state index >= 15 is 0 Å². The Balaban J connectivity index is 1.25. The van der Waals surface area contributed by atoms with Crippen LogP contribution < -0.4 is 10.6 Å². The third-order valence-electron chi connectivity index (χ3n) is 10.3. The number of pyridine rings is 1. The number of amides is 1. The molecule has 1 amide bonds. The number of halogens is 2. The quantitative estimate of drug-likeness (QED) is 0.389. The lowest BCUT2D eigenvalue weighted by atomic mass is 9.52. The Morgan fingerprint density at radius 2 is 1.90 bits per heavy atom. The summed E-state index contributed by atoms with van der Waals surface area (Å²) in [4.78, 5) is 31.4. The summed E-state index contributed by atoms with van der Waals surface area (Å²) in [6.07, 6.45) is 10.6. The minimum atomic E-state index is -2.76. The van der Waals surface area contributed by atoms with E-state index in [1.165, 1.54) is 26.4 Å². The summed E-state index contributed by atoms with van der Waals surface area (Å²) < 4.78 is 36.7. The van der Waals surface area contributed by atoms with E-state index in [4.69, 9.17) is 14.5 Å². The Labute approximate surface area is 239 Å². The van der Waals surface area contributed by atoms with Crippen LogP contribution in [0.15, 0.2) is 17.2 Å². The normalized spacial score (nSPS) is 35.3. The highest BCUT2D eigenvalue weighted by molar-refractivity contribution is 7.99. The molecular weight excluding hydrogens is 536 g/mol. The van der Waals surface area contributed by atoms with Crippen LogP contribution in [-0.4, -0.2) is 60.6 Å². The topological polar surface area (TPSA) is 89.6 Å². The van der Waals surface area contributed by atoms with Crippen LogP contribution in [0.5, 0.6) is 0 Å². The van der Waals surface area contributed by atoms with Gasteiger partial charge in [0.05, 0.1) is 24.7 Å². The summed E-state index contributed by atoms with van der Waals surface area (Å²) in [7, 11) is 1.41. The van der Waals surface area contributed by atoms with Crippen molar-refractivity contribution in [2.75, 3.05) is 20.2 Å². The predicted octanol–water partition coefficient (Wildman–Crippen LogP) is 5.22. The maximum absolute atomic E-state index is 13.9. The van der Waals surface area contributed by atoms with Crippen LogP contribution in [0.3, 0.4) is 0 Å². The zero-order valence-electron chi connectivity index (χ0n) is 23.3. The summed E-state index contributed by atoms with van der Waals surface area (Å²) in [5.74, 6) is 0.315. The number of aromatic nitrogens is 1. The average molecular weight is 578 g/mol. The van der Waals surface area contributed by atoms with Gasteiger partial charge in [-0.25, -0.2) is 4.98 Å². The van der Waals surface area contributed by atoms with Crippen LogP contribution >= 0.6 is 11.8 Å². The van der Waals surface area contributed by atoms with Crippen LogP contribution in [0.1, 0.15) is 93.1 Å². The fourth-order valence-electron chi connectivity index (χ4n) is 8.64. The van der Waals surface area contributed by atoms with Crippen molar-refractivity contribution in [3.05, 3.63) is 23.4 Å². The molecule has 4 bridgehead atoms. The molecule has 0 spiro atoms. The van der Waals surface area contributed by atoms with Gasteiger partial charge in [-0.3, -0.25) is 9.59 Å². The molecule has 1 aliphatic heterocycles. The van der Waals surface area contributed by atoms with Gasteiger partial charge in [-0.15, -0.1) is 11.8 Å². The number of ether oxygens (including phenoxy) is 2. The third kappa shape index (κ3) is 5.64. The van der Waals surface area contributed by atoms with Crippen molar-refractivity contribution in [1.29, 1.82) is 0 Å². The largest absolute Gasteiger partial charge is 0.469 e. The van der Waals surface area contributed by atoms with Crippen LogP contribution in [-0.2, 0) is 19.7 Å². The van der Waals surface area contributed by atoms with E-state index in [2.05, 4.69) is 10.6 Å². The van der Waals surface area contributed by atoms with Crippen molar-refractivity contribution >= 4 is 23.6 Å². The zero-order valence-corrected chi connectivity index (χ0v) is 24.1. The van der Waals surface area contributed by atoms with E-state index in [0.29, 0.717) is 42.5 Å². The number of carbonyl (C=O) groups is 2. The maximum atomic E-state index is 13.9. The monoisotopic (exact) mass is 577 g/mol. The van der Waals surface area contributed by atoms with E-state index in [0.717, 1.165) is 49.4 Å². The molecule has 0 aromatic carbocycles. The fraction of sp³-hybridized carbons (Fsp3) is 0.767. The first-order valence-corrected chi connectivity index (χ1v) is 15.9. The van der Waals surface area contributed by atoms with Gasteiger partial charge in [0, 0.05) is 28.9 Å². The van der Waals surface area contributed by atoms with Crippen molar-refractivity contribution < 1.29 is 27.8 Å². The molecule has 7 rings (SSSR count). The number of hydrogen-bond donors (Lipinski definition) is 2. The van der Waals surface area contributed by atoms with Gasteiger partial charge in [-0.05, 0) is 87.8 Å². The smallest absolute Gasteiger partial charge is 0.345 e. The molecule has 2 unspecified atom stereocenters. The summed E-state index contributed by atoms with van der Waals surface area (Å²) >= 11 is 1.70. The molecule has 2 N–H and O–H groups in total. The molecule has 5 saturated carbocycles. The highest BCUT2D eigenvalue weighted by Crippen LogP contribution is 2.57. The van der Waals surface area contributed by atoms with Gasteiger partial charge in [-0.1, -0.05) is 19.3 Å². The molecule has 3 atom stereocenters. The Bertz CT molecular complexity index is 1090. The third-order valence-corrected chi connectivity index (χ3v) is 11.6. The molecule has 1 aromatic heterocycles. The van der Waals surface area contributed by atoms with E-state index in [-0.39, 0.29) is 36.2 Å². The number of esters is 1. The number of rotatable bonds is 9. The maximum Gasteiger partial charge on any atom is 0.345 e. The molecule has 10 heteroatoms. The Morgan fingerprint density at radius 1 is 1.15 bits per heavy atom. The number of carbonyl (C=O) groups excluding carboxylic acids is 2. The summed E-state index contributed by atoms with van der Waals surface area (Å²) in [6, 6.07) is 3.77. The summed E-state index contributed by atoms with van der Waals surface area (Å²) in [5.41, 5.74) is 0.217. The molecule has 0 radical (unpaired) electrons. The van der Waals surface area contributed by atoms with Crippen molar-refractivity contribution in [1.82, 2.24) is 15.6 Å². The number of methoxy groups -OCH3 is 1. The second kappa shape index (κ2) is 11.5. The van der Waals surface area contributed by atoms with Gasteiger partial charge in [0.15, 0.2) is 0 Å². The highest BCUT2D eigenvalue weighted by Gasteiger charge is 2.57. The van der Waals surface area contributed by atoms with E-state index in [1.54, 1.807) is 11.8 Å². The van der Waals surface area contributed by atoms with Gasteiger partial charge >= 0.3 is 12.6 Å². The molecular formula is C30H41F2N3O4S. The van der Waals surface area contributed by atoms with Crippen LogP contribution in [0.2, 0.25) is 0 Å². The first kappa shape index (κ1) is 28.3. The van der Waals surface area contributed by atoms with Gasteiger partial charge < -0.3 is 20.1 Å². The molecule has 6 aliphatic rings. The Kier molecular flexibility index (Phi) is 8.13. The first-order chi connectivity index (χ1) is 19.3. The Morgan fingerprint density at radius 3 is 2.55 bits per heavy atom. The zero-order chi connectivity index (χ0) is 27.9. The van der Waals surface area contributed by atoms with Crippen molar-refractivity contribution in [3.63, 3.8) is 0 Å². The SMILES string of the molecule is COC(=O)C[C@@]1(c2ccc(C(=O)NC3C4CC5CC3CC(OC(F)F)(C5)C4)c(SC3CCCCC3)n2)CCNC1. The van der Waals surface area contributed by atoms with Crippen LogP contribution in [0.4, 0.5) is 8.78 Å². The standard InChI is InChI=1S/C30H41F2N3O4S/c1-38-24(36)16-29(9-10-33-17-29)23-8-7-22(27(34-23)40-21-5-3-2-4-6-21)26(37)35-25-19-11-18-12-20(25)15-30(13-18,14-19)39-28(31)32/h7-8,18-21,25,28,33H,2-6,9-17H2,1H3,(H,35,37)/t18?,19?,20?,25?,29-,30?/m0/s1. The van der Waals surface area contributed by atoms with Crippen molar-refractivity contribution in [2.24, 2.45) is 17.8 Å². The summed E-state index contributed by atoms with van der Waals surface area (Å²) in [5, 5.41) is 7.88. The minimum absolute atomic E-state index is 0.0321. The number of nitrogens with zero attached hydrogens (tertiary/aromatic N) is 1. The first-order valence-electron chi connectivity index (χ1n) is 15.0. The predicted molar refractivity (Wildman–Crippen MR) is 147 cm³/mol. The minimum Gasteiger partial charge on any atom is -0.469 e. The molecule has 5 aliphatic carbocycles. The van der Waals surface area contributed by atoms with Gasteiger partial charge in [0.25, 0.3) is 5.91 Å². The Hall–Kier alpha value is -1.78.